The lowest BCUT2D eigenvalue weighted by Gasteiger charge is -2.36. The van der Waals surface area contributed by atoms with Crippen LogP contribution in [0.15, 0.2) is 41.6 Å². The molecule has 186 valence electrons. The molecule has 0 bridgehead atoms. The van der Waals surface area contributed by atoms with Crippen LogP contribution in [-0.4, -0.2) is 48.7 Å². The Bertz CT molecular complexity index is 1520. The molecular formula is C25H25ClFN7O2. The minimum atomic E-state index is -0.533. The van der Waals surface area contributed by atoms with E-state index < -0.39 is 5.82 Å². The zero-order valence-electron chi connectivity index (χ0n) is 19.9. The first-order chi connectivity index (χ1) is 17.4. The van der Waals surface area contributed by atoms with Crippen molar-refractivity contribution in [1.82, 2.24) is 29.5 Å². The number of hydrogen-bond donors (Lipinski definition) is 0. The van der Waals surface area contributed by atoms with Crippen molar-refractivity contribution in [3.05, 3.63) is 63.5 Å². The van der Waals surface area contributed by atoms with Crippen LogP contribution in [0.2, 0.25) is 5.02 Å². The molecule has 2 fully saturated rings. The van der Waals surface area contributed by atoms with Gasteiger partial charge in [-0.25, -0.2) is 19.0 Å². The number of anilines is 1. The normalized spacial score (nSPS) is 20.3. The number of benzene rings is 1. The second kappa shape index (κ2) is 8.94. The lowest BCUT2D eigenvalue weighted by Crippen LogP contribution is -2.43. The molecule has 11 heteroatoms. The van der Waals surface area contributed by atoms with Crippen LogP contribution in [0.4, 0.5) is 10.3 Å². The number of halogens is 2. The first-order valence-corrected chi connectivity index (χ1v) is 12.5. The van der Waals surface area contributed by atoms with Crippen LogP contribution in [0.1, 0.15) is 44.4 Å². The van der Waals surface area contributed by atoms with Gasteiger partial charge in [-0.1, -0.05) is 11.6 Å². The van der Waals surface area contributed by atoms with Gasteiger partial charge in [-0.15, -0.1) is 0 Å². The van der Waals surface area contributed by atoms with E-state index in [4.69, 9.17) is 21.3 Å². The summed E-state index contributed by atoms with van der Waals surface area (Å²) in [6, 6.07) is 4.87. The molecule has 0 spiro atoms. The Hall–Kier alpha value is -3.37. The van der Waals surface area contributed by atoms with Crippen molar-refractivity contribution in [2.45, 2.75) is 51.5 Å². The van der Waals surface area contributed by atoms with E-state index >= 15 is 4.39 Å². The third-order valence-electron chi connectivity index (χ3n) is 6.64. The summed E-state index contributed by atoms with van der Waals surface area (Å²) in [4.78, 5) is 24.6. The summed E-state index contributed by atoms with van der Waals surface area (Å²) in [6.07, 6.45) is 7.35. The number of hydrogen-bond acceptors (Lipinski definition) is 7. The van der Waals surface area contributed by atoms with Crippen molar-refractivity contribution in [2.75, 3.05) is 18.0 Å². The van der Waals surface area contributed by atoms with E-state index in [9.17, 15) is 4.79 Å². The molecule has 1 saturated heterocycles. The van der Waals surface area contributed by atoms with Crippen LogP contribution in [-0.2, 0) is 11.3 Å². The van der Waals surface area contributed by atoms with Crippen molar-refractivity contribution in [2.24, 2.45) is 0 Å². The summed E-state index contributed by atoms with van der Waals surface area (Å²) in [6.45, 7) is 5.20. The number of nitrogens with zero attached hydrogens (tertiary/aromatic N) is 7. The molecule has 36 heavy (non-hydrogen) atoms. The van der Waals surface area contributed by atoms with Crippen LogP contribution in [0.25, 0.3) is 22.2 Å². The van der Waals surface area contributed by atoms with Crippen molar-refractivity contribution in [3.8, 4) is 11.3 Å². The molecule has 2 atom stereocenters. The lowest BCUT2D eigenvalue weighted by molar-refractivity contribution is -0.0178. The van der Waals surface area contributed by atoms with Gasteiger partial charge in [0, 0.05) is 35.4 Å². The molecule has 1 aliphatic carbocycles. The van der Waals surface area contributed by atoms with Crippen molar-refractivity contribution < 1.29 is 9.13 Å². The molecule has 1 aromatic carbocycles. The van der Waals surface area contributed by atoms with Gasteiger partial charge in [0.15, 0.2) is 0 Å². The number of aromatic nitrogens is 6. The number of morpholine rings is 1. The van der Waals surface area contributed by atoms with E-state index in [-0.39, 0.29) is 33.9 Å². The second-order valence-corrected chi connectivity index (χ2v) is 9.79. The highest BCUT2D eigenvalue weighted by atomic mass is 35.5. The highest BCUT2D eigenvalue weighted by Gasteiger charge is 2.32. The molecule has 0 N–H and O–H groups in total. The van der Waals surface area contributed by atoms with E-state index in [1.165, 1.54) is 16.9 Å². The predicted octanol–water partition coefficient (Wildman–Crippen LogP) is 4.16. The summed E-state index contributed by atoms with van der Waals surface area (Å²) < 4.78 is 24.6. The SMILES string of the molecule is CCn1ncc2c(-c3ccc(Cl)cc3F)nc(N3C[C@@H](C)O[C@@H](c4cnn(C5CC5)c4)C3)nc2c1=O. The first kappa shape index (κ1) is 23.1. The van der Waals surface area contributed by atoms with Gasteiger partial charge in [0.05, 0.1) is 42.2 Å². The van der Waals surface area contributed by atoms with Crippen molar-refractivity contribution in [3.63, 3.8) is 0 Å². The molecular weight excluding hydrogens is 485 g/mol. The predicted molar refractivity (Wildman–Crippen MR) is 134 cm³/mol. The summed E-state index contributed by atoms with van der Waals surface area (Å²) in [7, 11) is 0. The van der Waals surface area contributed by atoms with Gasteiger partial charge in [0.25, 0.3) is 5.56 Å². The Labute approximate surface area is 211 Å². The zero-order valence-corrected chi connectivity index (χ0v) is 20.7. The molecule has 6 rings (SSSR count). The van der Waals surface area contributed by atoms with Gasteiger partial charge in [0.2, 0.25) is 5.95 Å². The van der Waals surface area contributed by atoms with E-state index in [2.05, 4.69) is 15.2 Å². The molecule has 4 heterocycles. The van der Waals surface area contributed by atoms with Crippen LogP contribution in [0.3, 0.4) is 0 Å². The molecule has 0 amide bonds. The molecule has 4 aromatic rings. The van der Waals surface area contributed by atoms with E-state index in [0.29, 0.717) is 42.7 Å². The fourth-order valence-corrected chi connectivity index (χ4v) is 4.81. The van der Waals surface area contributed by atoms with E-state index in [1.54, 1.807) is 12.1 Å². The minimum absolute atomic E-state index is 0.118. The monoisotopic (exact) mass is 509 g/mol. The number of rotatable bonds is 5. The summed E-state index contributed by atoms with van der Waals surface area (Å²) in [5.74, 6) is -0.193. The fraction of sp³-hybridized carbons (Fsp3) is 0.400. The molecule has 3 aromatic heterocycles. The molecule has 0 unspecified atom stereocenters. The Morgan fingerprint density at radius 3 is 2.75 bits per heavy atom. The third kappa shape index (κ3) is 4.14. The first-order valence-electron chi connectivity index (χ1n) is 12.1. The van der Waals surface area contributed by atoms with Crippen molar-refractivity contribution in [1.29, 1.82) is 0 Å². The maximum Gasteiger partial charge on any atom is 0.293 e. The maximum atomic E-state index is 15.0. The molecule has 0 radical (unpaired) electrons. The van der Waals surface area contributed by atoms with Crippen LogP contribution < -0.4 is 10.5 Å². The summed E-state index contributed by atoms with van der Waals surface area (Å²) in [5.41, 5.74) is 1.36. The molecule has 9 nitrogen and oxygen atoms in total. The van der Waals surface area contributed by atoms with Gasteiger partial charge >= 0.3 is 0 Å². The second-order valence-electron chi connectivity index (χ2n) is 9.35. The van der Waals surface area contributed by atoms with Crippen molar-refractivity contribution >= 4 is 28.5 Å². The maximum absolute atomic E-state index is 15.0. The summed E-state index contributed by atoms with van der Waals surface area (Å²) in [5, 5.41) is 9.38. The third-order valence-corrected chi connectivity index (χ3v) is 6.88. The number of ether oxygens (including phenoxy) is 1. The van der Waals surface area contributed by atoms with Gasteiger partial charge in [0.1, 0.15) is 17.4 Å². The Morgan fingerprint density at radius 1 is 1.17 bits per heavy atom. The van der Waals surface area contributed by atoms with Gasteiger partial charge in [-0.3, -0.25) is 9.48 Å². The lowest BCUT2D eigenvalue weighted by atomic mass is 10.1. The minimum Gasteiger partial charge on any atom is -0.367 e. The van der Waals surface area contributed by atoms with Gasteiger partial charge < -0.3 is 9.64 Å². The number of aryl methyl sites for hydroxylation is 1. The van der Waals surface area contributed by atoms with Crippen LogP contribution in [0.5, 0.6) is 0 Å². The summed E-state index contributed by atoms with van der Waals surface area (Å²) >= 11 is 5.99. The fourth-order valence-electron chi connectivity index (χ4n) is 4.66. The topological polar surface area (TPSA) is 91.0 Å². The highest BCUT2D eigenvalue weighted by Crippen LogP contribution is 2.36. The Morgan fingerprint density at radius 2 is 2.00 bits per heavy atom. The van der Waals surface area contributed by atoms with E-state index in [1.807, 2.05) is 35.8 Å². The average molecular weight is 510 g/mol. The highest BCUT2D eigenvalue weighted by molar-refractivity contribution is 6.30. The number of fused-ring (bicyclic) bond motifs is 1. The van der Waals surface area contributed by atoms with E-state index in [0.717, 1.165) is 18.4 Å². The Kier molecular flexibility index (Phi) is 5.72. The molecule has 1 aliphatic heterocycles. The van der Waals surface area contributed by atoms with Crippen LogP contribution >= 0.6 is 11.6 Å². The molecule has 2 aliphatic rings. The Balaban J connectivity index is 1.46. The standard InChI is InChI=1S/C25H25ClFN7O2/c1-3-33-24(35)23-19(10-29-33)22(18-7-4-16(26)8-20(18)27)30-25(31-23)32-11-14(2)36-21(13-32)15-9-28-34(12-15)17-5-6-17/h4,7-10,12,14,17,21H,3,5-6,11,13H2,1-2H3/t14-,21-/m1/s1. The smallest absolute Gasteiger partial charge is 0.293 e. The van der Waals surface area contributed by atoms with Crippen LogP contribution in [0, 0.1) is 5.82 Å². The zero-order chi connectivity index (χ0) is 25.0. The van der Waals surface area contributed by atoms with Gasteiger partial charge in [-0.2, -0.15) is 10.2 Å². The molecule has 1 saturated carbocycles. The van der Waals surface area contributed by atoms with Gasteiger partial charge in [-0.05, 0) is 44.9 Å². The quantitative estimate of drug-likeness (QED) is 0.399. The largest absolute Gasteiger partial charge is 0.367 e. The average Bonchev–Trinajstić information content (AvgIpc) is 3.60.